The predicted molar refractivity (Wildman–Crippen MR) is 80.3 cm³/mol. The minimum atomic E-state index is 0.186. The van der Waals surface area contributed by atoms with Gasteiger partial charge in [0.2, 0.25) is 0 Å². The molecule has 112 valence electrons. The van der Waals surface area contributed by atoms with Crippen LogP contribution in [0.2, 0.25) is 0 Å². The summed E-state index contributed by atoms with van der Waals surface area (Å²) in [5.41, 5.74) is 2.29. The third-order valence-electron chi connectivity index (χ3n) is 4.12. The van der Waals surface area contributed by atoms with E-state index < -0.39 is 0 Å². The van der Waals surface area contributed by atoms with Gasteiger partial charge in [0.15, 0.2) is 0 Å². The van der Waals surface area contributed by atoms with E-state index in [1.807, 2.05) is 16.9 Å². The number of rotatable bonds is 5. The Balaban J connectivity index is 1.67. The number of hydrogen-bond acceptors (Lipinski definition) is 4. The summed E-state index contributed by atoms with van der Waals surface area (Å²) in [5.74, 6) is 0. The first-order chi connectivity index (χ1) is 10.3. The van der Waals surface area contributed by atoms with Crippen molar-refractivity contribution >= 4 is 0 Å². The summed E-state index contributed by atoms with van der Waals surface area (Å²) >= 11 is 0. The minimum absolute atomic E-state index is 0.186. The summed E-state index contributed by atoms with van der Waals surface area (Å²) in [5, 5.41) is 13.7. The van der Waals surface area contributed by atoms with Crippen LogP contribution in [0, 0.1) is 0 Å². The highest BCUT2D eigenvalue weighted by molar-refractivity contribution is 5.33. The highest BCUT2D eigenvalue weighted by Gasteiger charge is 2.31. The summed E-state index contributed by atoms with van der Waals surface area (Å²) < 4.78 is 7.26. The summed E-state index contributed by atoms with van der Waals surface area (Å²) in [4.78, 5) is 2.29. The molecule has 21 heavy (non-hydrogen) atoms. The molecule has 1 aliphatic rings. The maximum absolute atomic E-state index is 9.49. The number of aromatic nitrogens is 2. The van der Waals surface area contributed by atoms with E-state index in [0.717, 1.165) is 25.2 Å². The third-order valence-corrected chi connectivity index (χ3v) is 4.12. The average Bonchev–Trinajstić information content (AvgIpc) is 3.17. The number of hydrogen-bond donors (Lipinski definition) is 1. The van der Waals surface area contributed by atoms with Gasteiger partial charge in [-0.2, -0.15) is 5.10 Å². The van der Waals surface area contributed by atoms with E-state index in [1.54, 1.807) is 13.3 Å². The molecular weight excluding hydrogens is 266 g/mol. The van der Waals surface area contributed by atoms with Crippen LogP contribution in [-0.4, -0.2) is 52.2 Å². The molecule has 3 rings (SSSR count). The number of ether oxygens (including phenoxy) is 1. The number of aliphatic hydroxyl groups is 1. The fourth-order valence-electron chi connectivity index (χ4n) is 2.90. The molecule has 1 saturated heterocycles. The van der Waals surface area contributed by atoms with Gasteiger partial charge in [0.05, 0.1) is 18.4 Å². The van der Waals surface area contributed by atoms with Gasteiger partial charge >= 0.3 is 0 Å². The Morgan fingerprint density at radius 2 is 2.14 bits per heavy atom. The van der Waals surface area contributed by atoms with Gasteiger partial charge in [0.1, 0.15) is 0 Å². The topological polar surface area (TPSA) is 50.5 Å². The Labute approximate surface area is 124 Å². The quantitative estimate of drug-likeness (QED) is 0.904. The van der Waals surface area contributed by atoms with Gasteiger partial charge in [-0.1, -0.05) is 12.1 Å². The second-order valence-corrected chi connectivity index (χ2v) is 5.48. The highest BCUT2D eigenvalue weighted by atomic mass is 16.5. The van der Waals surface area contributed by atoms with Crippen LogP contribution in [0.25, 0.3) is 5.69 Å². The molecule has 0 spiro atoms. The van der Waals surface area contributed by atoms with E-state index in [0.29, 0.717) is 0 Å². The van der Waals surface area contributed by atoms with E-state index >= 15 is 0 Å². The van der Waals surface area contributed by atoms with Crippen LogP contribution in [0.15, 0.2) is 42.7 Å². The van der Waals surface area contributed by atoms with E-state index in [1.165, 1.54) is 5.56 Å². The smallest absolute Gasteiger partial charge is 0.0714 e. The molecule has 1 N–H and O–H groups in total. The number of benzene rings is 1. The molecule has 2 aromatic rings. The number of likely N-dealkylation sites (tertiary alicyclic amines) is 1. The van der Waals surface area contributed by atoms with Crippen LogP contribution in [0.3, 0.4) is 0 Å². The molecule has 2 heterocycles. The summed E-state index contributed by atoms with van der Waals surface area (Å²) in [6, 6.07) is 10.5. The predicted octanol–water partition coefficient (Wildman–Crippen LogP) is 1.45. The van der Waals surface area contributed by atoms with Crippen LogP contribution in [0.5, 0.6) is 0 Å². The molecule has 0 radical (unpaired) electrons. The maximum atomic E-state index is 9.49. The fraction of sp³-hybridized carbons (Fsp3) is 0.438. The molecule has 0 unspecified atom stereocenters. The first kappa shape index (κ1) is 14.3. The van der Waals surface area contributed by atoms with Crippen LogP contribution in [0.1, 0.15) is 12.0 Å². The van der Waals surface area contributed by atoms with E-state index in [2.05, 4.69) is 34.3 Å². The summed E-state index contributed by atoms with van der Waals surface area (Å²) in [7, 11) is 1.74. The van der Waals surface area contributed by atoms with Crippen molar-refractivity contribution in [1.29, 1.82) is 0 Å². The Morgan fingerprint density at radius 1 is 1.33 bits per heavy atom. The highest BCUT2D eigenvalue weighted by Crippen LogP contribution is 2.22. The normalized spacial score (nSPS) is 22.8. The van der Waals surface area contributed by atoms with Gasteiger partial charge in [-0.25, -0.2) is 4.68 Å². The minimum Gasteiger partial charge on any atom is -0.395 e. The van der Waals surface area contributed by atoms with Crippen molar-refractivity contribution in [3.8, 4) is 5.69 Å². The van der Waals surface area contributed by atoms with Crippen molar-refractivity contribution in [3.05, 3.63) is 48.3 Å². The van der Waals surface area contributed by atoms with Gasteiger partial charge in [-0.3, -0.25) is 4.90 Å². The summed E-state index contributed by atoms with van der Waals surface area (Å²) in [6.45, 7) is 1.90. The molecule has 1 fully saturated rings. The zero-order valence-electron chi connectivity index (χ0n) is 12.2. The zero-order valence-corrected chi connectivity index (χ0v) is 12.2. The number of nitrogens with zero attached hydrogens (tertiary/aromatic N) is 3. The average molecular weight is 287 g/mol. The van der Waals surface area contributed by atoms with Crippen molar-refractivity contribution in [2.45, 2.75) is 25.1 Å². The van der Waals surface area contributed by atoms with Crippen LogP contribution >= 0.6 is 0 Å². The lowest BCUT2D eigenvalue weighted by atomic mass is 10.1. The Kier molecular flexibility index (Phi) is 4.34. The molecule has 1 aromatic carbocycles. The first-order valence-electron chi connectivity index (χ1n) is 7.27. The van der Waals surface area contributed by atoms with Gasteiger partial charge in [-0.15, -0.1) is 0 Å². The van der Waals surface area contributed by atoms with Gasteiger partial charge in [0, 0.05) is 38.6 Å². The molecule has 2 atom stereocenters. The standard InChI is InChI=1S/C16H21N3O2/c1-21-16-9-15(12-20)18(11-16)10-13-3-5-14(6-4-13)19-8-2-7-17-19/h2-8,15-16,20H,9-12H2,1H3/t15-,16+/m0/s1. The Morgan fingerprint density at radius 3 is 2.76 bits per heavy atom. The zero-order chi connectivity index (χ0) is 14.7. The summed E-state index contributed by atoms with van der Waals surface area (Å²) in [6.07, 6.45) is 4.83. The molecular formula is C16H21N3O2. The molecule has 5 heteroatoms. The van der Waals surface area contributed by atoms with Crippen molar-refractivity contribution in [3.63, 3.8) is 0 Å². The van der Waals surface area contributed by atoms with E-state index in [4.69, 9.17) is 4.74 Å². The van der Waals surface area contributed by atoms with Crippen LogP contribution in [0.4, 0.5) is 0 Å². The van der Waals surface area contributed by atoms with Crippen molar-refractivity contribution in [1.82, 2.24) is 14.7 Å². The van der Waals surface area contributed by atoms with Crippen LogP contribution < -0.4 is 0 Å². The molecule has 0 bridgehead atoms. The Hall–Kier alpha value is -1.69. The lowest BCUT2D eigenvalue weighted by Crippen LogP contribution is -2.31. The molecule has 1 aromatic heterocycles. The molecule has 0 amide bonds. The first-order valence-corrected chi connectivity index (χ1v) is 7.27. The molecule has 1 aliphatic heterocycles. The molecule has 0 saturated carbocycles. The van der Waals surface area contributed by atoms with E-state index in [9.17, 15) is 5.11 Å². The van der Waals surface area contributed by atoms with E-state index in [-0.39, 0.29) is 18.8 Å². The number of aliphatic hydroxyl groups excluding tert-OH is 1. The van der Waals surface area contributed by atoms with Gasteiger partial charge in [-0.05, 0) is 30.2 Å². The fourth-order valence-corrected chi connectivity index (χ4v) is 2.90. The maximum Gasteiger partial charge on any atom is 0.0714 e. The molecule has 0 aliphatic carbocycles. The van der Waals surface area contributed by atoms with Crippen molar-refractivity contribution in [2.75, 3.05) is 20.3 Å². The lowest BCUT2D eigenvalue weighted by molar-refractivity contribution is 0.107. The third kappa shape index (κ3) is 3.15. The SMILES string of the molecule is CO[C@@H]1C[C@@H](CO)N(Cc2ccc(-n3cccn3)cc2)C1. The van der Waals surface area contributed by atoms with Crippen molar-refractivity contribution < 1.29 is 9.84 Å². The largest absolute Gasteiger partial charge is 0.395 e. The number of methoxy groups -OCH3 is 1. The van der Waals surface area contributed by atoms with Gasteiger partial charge < -0.3 is 9.84 Å². The second-order valence-electron chi connectivity index (χ2n) is 5.48. The Bertz CT molecular complexity index is 553. The molecule has 5 nitrogen and oxygen atoms in total. The van der Waals surface area contributed by atoms with Crippen LogP contribution in [-0.2, 0) is 11.3 Å². The van der Waals surface area contributed by atoms with Gasteiger partial charge in [0.25, 0.3) is 0 Å². The monoisotopic (exact) mass is 287 g/mol. The second kappa shape index (κ2) is 6.39. The van der Waals surface area contributed by atoms with Crippen molar-refractivity contribution in [2.24, 2.45) is 0 Å². The lowest BCUT2D eigenvalue weighted by Gasteiger charge is -2.22.